The van der Waals surface area contributed by atoms with Crippen molar-refractivity contribution in [1.29, 1.82) is 0 Å². The zero-order valence-electron chi connectivity index (χ0n) is 10.6. The lowest BCUT2D eigenvalue weighted by Gasteiger charge is -2.45. The molecule has 1 aromatic carbocycles. The molecule has 3 heteroatoms. The second-order valence-electron chi connectivity index (χ2n) is 5.04. The Kier molecular flexibility index (Phi) is 2.80. The molecule has 18 heavy (non-hydrogen) atoms. The highest BCUT2D eigenvalue weighted by atomic mass is 16.5. The van der Waals surface area contributed by atoms with Gasteiger partial charge < -0.3 is 10.5 Å². The largest absolute Gasteiger partial charge is 0.376 e. The van der Waals surface area contributed by atoms with Crippen LogP contribution in [0.4, 0.5) is 0 Å². The van der Waals surface area contributed by atoms with E-state index in [2.05, 4.69) is 23.2 Å². The fraction of sp³-hybridized carbons (Fsp3) is 0.400. The van der Waals surface area contributed by atoms with E-state index in [4.69, 9.17) is 10.5 Å². The predicted molar refractivity (Wildman–Crippen MR) is 72.3 cm³/mol. The summed E-state index contributed by atoms with van der Waals surface area (Å²) in [5.74, 6) is 0. The molecule has 1 heterocycles. The lowest BCUT2D eigenvalue weighted by Crippen LogP contribution is -2.48. The Labute approximate surface area is 107 Å². The van der Waals surface area contributed by atoms with Crippen molar-refractivity contribution < 1.29 is 4.74 Å². The second-order valence-corrected chi connectivity index (χ2v) is 5.04. The Hall–Kier alpha value is -1.45. The van der Waals surface area contributed by atoms with Crippen LogP contribution in [0.2, 0.25) is 0 Å². The molecular weight excluding hydrogens is 224 g/mol. The van der Waals surface area contributed by atoms with Gasteiger partial charge in [-0.25, -0.2) is 0 Å². The van der Waals surface area contributed by atoms with Crippen molar-refractivity contribution in [2.45, 2.75) is 30.9 Å². The first kappa shape index (κ1) is 11.6. The number of methoxy groups -OCH3 is 1. The van der Waals surface area contributed by atoms with Gasteiger partial charge in [-0.1, -0.05) is 18.2 Å². The van der Waals surface area contributed by atoms with E-state index in [0.717, 1.165) is 23.8 Å². The van der Waals surface area contributed by atoms with Crippen LogP contribution in [0.1, 0.15) is 30.9 Å². The predicted octanol–water partition coefficient (Wildman–Crippen LogP) is 2.80. The van der Waals surface area contributed by atoms with Gasteiger partial charge in [0.2, 0.25) is 0 Å². The number of benzene rings is 1. The van der Waals surface area contributed by atoms with Gasteiger partial charge in [-0.3, -0.25) is 4.98 Å². The number of nitrogens with two attached hydrogens (primary N) is 1. The van der Waals surface area contributed by atoms with E-state index in [0.29, 0.717) is 0 Å². The standard InChI is InChI=1S/C15H18N2O/c1-18-15(7-3-8-15)14(16)12-5-2-4-11-6-9-17-10-13(11)12/h2,4-6,9-10,14H,3,7-8,16H2,1H3. The van der Waals surface area contributed by atoms with Crippen LogP contribution >= 0.6 is 0 Å². The van der Waals surface area contributed by atoms with Crippen LogP contribution in [0, 0.1) is 0 Å². The molecule has 1 aliphatic rings. The van der Waals surface area contributed by atoms with Gasteiger partial charge in [-0.15, -0.1) is 0 Å². The molecule has 3 rings (SSSR count). The van der Waals surface area contributed by atoms with E-state index in [1.165, 1.54) is 11.8 Å². The van der Waals surface area contributed by atoms with Crippen LogP contribution in [0.25, 0.3) is 10.8 Å². The summed E-state index contributed by atoms with van der Waals surface area (Å²) in [7, 11) is 1.77. The Morgan fingerprint density at radius 1 is 1.33 bits per heavy atom. The molecular formula is C15H18N2O. The molecule has 1 aliphatic carbocycles. The quantitative estimate of drug-likeness (QED) is 0.900. The smallest absolute Gasteiger partial charge is 0.0870 e. The third kappa shape index (κ3) is 1.62. The molecule has 2 N–H and O–H groups in total. The fourth-order valence-corrected chi connectivity index (χ4v) is 2.86. The van der Waals surface area contributed by atoms with Crippen molar-refractivity contribution >= 4 is 10.8 Å². The van der Waals surface area contributed by atoms with Crippen LogP contribution in [-0.2, 0) is 4.74 Å². The van der Waals surface area contributed by atoms with Gasteiger partial charge in [-0.05, 0) is 36.3 Å². The molecule has 0 saturated heterocycles. The summed E-state index contributed by atoms with van der Waals surface area (Å²) in [6.45, 7) is 0. The van der Waals surface area contributed by atoms with E-state index in [1.54, 1.807) is 7.11 Å². The van der Waals surface area contributed by atoms with Crippen LogP contribution in [0.3, 0.4) is 0 Å². The van der Waals surface area contributed by atoms with Gasteiger partial charge in [0.1, 0.15) is 0 Å². The van der Waals surface area contributed by atoms with Crippen LogP contribution in [0.5, 0.6) is 0 Å². The maximum absolute atomic E-state index is 6.46. The highest BCUT2D eigenvalue weighted by Gasteiger charge is 2.43. The van der Waals surface area contributed by atoms with Crippen molar-refractivity contribution in [3.8, 4) is 0 Å². The summed E-state index contributed by atoms with van der Waals surface area (Å²) < 4.78 is 5.69. The van der Waals surface area contributed by atoms with Gasteiger partial charge >= 0.3 is 0 Å². The zero-order chi connectivity index (χ0) is 12.6. The molecule has 1 aromatic heterocycles. The van der Waals surface area contributed by atoms with Crippen LogP contribution in [-0.4, -0.2) is 17.7 Å². The number of aromatic nitrogens is 1. The monoisotopic (exact) mass is 242 g/mol. The fourth-order valence-electron chi connectivity index (χ4n) is 2.86. The minimum atomic E-state index is -0.176. The molecule has 1 fully saturated rings. The maximum Gasteiger partial charge on any atom is 0.0870 e. The molecule has 0 amide bonds. The normalized spacial score (nSPS) is 19.4. The van der Waals surface area contributed by atoms with Crippen molar-refractivity contribution in [3.63, 3.8) is 0 Å². The number of hydrogen-bond acceptors (Lipinski definition) is 3. The van der Waals surface area contributed by atoms with Crippen molar-refractivity contribution in [2.75, 3.05) is 7.11 Å². The van der Waals surface area contributed by atoms with Crippen molar-refractivity contribution in [3.05, 3.63) is 42.2 Å². The van der Waals surface area contributed by atoms with E-state index in [1.807, 2.05) is 18.5 Å². The molecule has 1 unspecified atom stereocenters. The Morgan fingerprint density at radius 2 is 2.17 bits per heavy atom. The van der Waals surface area contributed by atoms with Gasteiger partial charge in [-0.2, -0.15) is 0 Å². The number of fused-ring (bicyclic) bond motifs is 1. The highest BCUT2D eigenvalue weighted by Crippen LogP contribution is 2.44. The Morgan fingerprint density at radius 3 is 2.83 bits per heavy atom. The topological polar surface area (TPSA) is 48.1 Å². The summed E-state index contributed by atoms with van der Waals surface area (Å²) in [6.07, 6.45) is 6.99. The maximum atomic E-state index is 6.46. The zero-order valence-corrected chi connectivity index (χ0v) is 10.6. The third-order valence-corrected chi connectivity index (χ3v) is 4.23. The number of hydrogen-bond donors (Lipinski definition) is 1. The minimum Gasteiger partial charge on any atom is -0.376 e. The second kappa shape index (κ2) is 4.34. The molecule has 94 valence electrons. The minimum absolute atomic E-state index is 0.0795. The van der Waals surface area contributed by atoms with Crippen LogP contribution in [0.15, 0.2) is 36.7 Å². The van der Waals surface area contributed by atoms with Gasteiger partial charge in [0.15, 0.2) is 0 Å². The molecule has 1 saturated carbocycles. The highest BCUT2D eigenvalue weighted by molar-refractivity contribution is 5.85. The number of nitrogens with zero attached hydrogens (tertiary/aromatic N) is 1. The average Bonchev–Trinajstić information content (AvgIpc) is 2.37. The summed E-state index contributed by atoms with van der Waals surface area (Å²) in [6, 6.07) is 8.18. The van der Waals surface area contributed by atoms with E-state index in [-0.39, 0.29) is 11.6 Å². The van der Waals surface area contributed by atoms with E-state index >= 15 is 0 Å². The first-order valence-electron chi connectivity index (χ1n) is 6.40. The lowest BCUT2D eigenvalue weighted by molar-refractivity contribution is -0.0908. The lowest BCUT2D eigenvalue weighted by atomic mass is 9.72. The number of rotatable bonds is 3. The van der Waals surface area contributed by atoms with Crippen molar-refractivity contribution in [2.24, 2.45) is 5.73 Å². The third-order valence-electron chi connectivity index (χ3n) is 4.23. The average molecular weight is 242 g/mol. The molecule has 0 bridgehead atoms. The van der Waals surface area contributed by atoms with Gasteiger partial charge in [0.25, 0.3) is 0 Å². The summed E-state index contributed by atoms with van der Waals surface area (Å²) in [4.78, 5) is 4.21. The molecule has 0 aliphatic heterocycles. The molecule has 1 atom stereocenters. The Balaban J connectivity index is 2.09. The number of ether oxygens (including phenoxy) is 1. The van der Waals surface area contributed by atoms with Gasteiger partial charge in [0, 0.05) is 24.9 Å². The van der Waals surface area contributed by atoms with Crippen molar-refractivity contribution in [1.82, 2.24) is 4.98 Å². The Bertz CT molecular complexity index is 552. The van der Waals surface area contributed by atoms with Gasteiger partial charge in [0.05, 0.1) is 11.6 Å². The van der Waals surface area contributed by atoms with Crippen LogP contribution < -0.4 is 5.73 Å². The van der Waals surface area contributed by atoms with E-state index in [9.17, 15) is 0 Å². The number of pyridine rings is 1. The summed E-state index contributed by atoms with van der Waals surface area (Å²) in [5.41, 5.74) is 7.42. The SMILES string of the molecule is COC1(C(N)c2cccc3ccncc23)CCC1. The summed E-state index contributed by atoms with van der Waals surface area (Å²) >= 11 is 0. The molecule has 3 nitrogen and oxygen atoms in total. The first-order chi connectivity index (χ1) is 8.77. The molecule has 0 spiro atoms. The molecule has 2 aromatic rings. The first-order valence-corrected chi connectivity index (χ1v) is 6.40. The summed E-state index contributed by atoms with van der Waals surface area (Å²) in [5, 5.41) is 2.32. The molecule has 0 radical (unpaired) electrons. The van der Waals surface area contributed by atoms with E-state index < -0.39 is 0 Å².